The van der Waals surface area contributed by atoms with Gasteiger partial charge in [-0.2, -0.15) is 0 Å². The second kappa shape index (κ2) is 4.55. The Labute approximate surface area is 111 Å². The van der Waals surface area contributed by atoms with Crippen molar-refractivity contribution in [1.29, 1.82) is 0 Å². The molecular formula is C13H19N3OS. The highest BCUT2D eigenvalue weighted by molar-refractivity contribution is 7.15. The van der Waals surface area contributed by atoms with Crippen molar-refractivity contribution in [3.63, 3.8) is 0 Å². The number of fused-ring (bicyclic) bond motifs is 1. The zero-order valence-electron chi connectivity index (χ0n) is 10.8. The molecule has 1 N–H and O–H groups in total. The lowest BCUT2D eigenvalue weighted by Crippen LogP contribution is -2.43. The number of nitrogens with zero attached hydrogens (tertiary/aromatic N) is 3. The van der Waals surface area contributed by atoms with Crippen LogP contribution >= 0.6 is 11.3 Å². The van der Waals surface area contributed by atoms with E-state index in [-0.39, 0.29) is 6.61 Å². The molecule has 0 aromatic carbocycles. The summed E-state index contributed by atoms with van der Waals surface area (Å²) in [5, 5.41) is 11.6. The SMILES string of the molecule is CC1CCCN(c2nc3sccn3c2CO)C1C. The average Bonchev–Trinajstić information content (AvgIpc) is 2.92. The first-order chi connectivity index (χ1) is 8.72. The van der Waals surface area contributed by atoms with Crippen LogP contribution in [-0.4, -0.2) is 27.1 Å². The fourth-order valence-corrected chi connectivity index (χ4v) is 3.56. The molecule has 0 amide bonds. The minimum absolute atomic E-state index is 0.0465. The van der Waals surface area contributed by atoms with Gasteiger partial charge in [0.05, 0.1) is 12.3 Å². The molecule has 1 fully saturated rings. The molecule has 0 bridgehead atoms. The van der Waals surface area contributed by atoms with Gasteiger partial charge in [-0.3, -0.25) is 4.40 Å². The molecule has 0 saturated carbocycles. The van der Waals surface area contributed by atoms with Crippen LogP contribution in [0.1, 0.15) is 32.4 Å². The molecule has 1 aliphatic rings. The Morgan fingerprint density at radius 2 is 2.33 bits per heavy atom. The summed E-state index contributed by atoms with van der Waals surface area (Å²) in [4.78, 5) is 8.03. The Hall–Kier alpha value is -1.07. The summed E-state index contributed by atoms with van der Waals surface area (Å²) >= 11 is 1.62. The summed E-state index contributed by atoms with van der Waals surface area (Å²) in [5.41, 5.74) is 0.923. The summed E-state index contributed by atoms with van der Waals surface area (Å²) < 4.78 is 2.01. The number of piperidine rings is 1. The molecular weight excluding hydrogens is 246 g/mol. The smallest absolute Gasteiger partial charge is 0.195 e. The zero-order chi connectivity index (χ0) is 12.7. The summed E-state index contributed by atoms with van der Waals surface area (Å²) in [7, 11) is 0. The predicted molar refractivity (Wildman–Crippen MR) is 74.2 cm³/mol. The Kier molecular flexibility index (Phi) is 3.03. The van der Waals surface area contributed by atoms with Gasteiger partial charge in [0.2, 0.25) is 0 Å². The number of aliphatic hydroxyl groups excluding tert-OH is 1. The zero-order valence-corrected chi connectivity index (χ0v) is 11.7. The van der Waals surface area contributed by atoms with Crippen molar-refractivity contribution in [2.24, 2.45) is 5.92 Å². The molecule has 2 aromatic rings. The third kappa shape index (κ3) is 1.73. The van der Waals surface area contributed by atoms with E-state index >= 15 is 0 Å². The van der Waals surface area contributed by atoms with E-state index in [0.29, 0.717) is 12.0 Å². The topological polar surface area (TPSA) is 40.8 Å². The van der Waals surface area contributed by atoms with Gasteiger partial charge in [-0.25, -0.2) is 4.98 Å². The van der Waals surface area contributed by atoms with Gasteiger partial charge in [0.1, 0.15) is 0 Å². The second-order valence-electron chi connectivity index (χ2n) is 5.15. The van der Waals surface area contributed by atoms with Gasteiger partial charge in [-0.15, -0.1) is 11.3 Å². The fourth-order valence-electron chi connectivity index (χ4n) is 2.83. The molecule has 2 unspecified atom stereocenters. The van der Waals surface area contributed by atoms with Crippen molar-refractivity contribution >= 4 is 22.1 Å². The van der Waals surface area contributed by atoms with Crippen LogP contribution < -0.4 is 4.90 Å². The number of rotatable bonds is 2. The van der Waals surface area contributed by atoms with Gasteiger partial charge >= 0.3 is 0 Å². The molecule has 0 aliphatic carbocycles. The lowest BCUT2D eigenvalue weighted by molar-refractivity contribution is 0.274. The monoisotopic (exact) mass is 265 g/mol. The molecule has 5 heteroatoms. The van der Waals surface area contributed by atoms with Gasteiger partial charge in [-0.1, -0.05) is 6.92 Å². The lowest BCUT2D eigenvalue weighted by Gasteiger charge is -2.38. The van der Waals surface area contributed by atoms with E-state index in [9.17, 15) is 5.11 Å². The third-order valence-corrected chi connectivity index (χ3v) is 4.89. The van der Waals surface area contributed by atoms with Crippen molar-refractivity contribution < 1.29 is 5.11 Å². The van der Waals surface area contributed by atoms with E-state index in [1.807, 2.05) is 16.0 Å². The Morgan fingerprint density at radius 1 is 1.50 bits per heavy atom. The number of aromatic nitrogens is 2. The largest absolute Gasteiger partial charge is 0.390 e. The quantitative estimate of drug-likeness (QED) is 0.907. The van der Waals surface area contributed by atoms with Gasteiger partial charge in [0.15, 0.2) is 10.8 Å². The van der Waals surface area contributed by atoms with Crippen LogP contribution in [0.25, 0.3) is 4.96 Å². The Bertz CT molecular complexity index is 547. The van der Waals surface area contributed by atoms with Crippen LogP contribution in [0.3, 0.4) is 0 Å². The number of imidazole rings is 1. The highest BCUT2D eigenvalue weighted by Crippen LogP contribution is 2.31. The minimum atomic E-state index is 0.0465. The molecule has 1 aliphatic heterocycles. The van der Waals surface area contributed by atoms with E-state index in [4.69, 9.17) is 4.98 Å². The molecule has 2 aromatic heterocycles. The number of anilines is 1. The van der Waals surface area contributed by atoms with Crippen molar-refractivity contribution in [3.05, 3.63) is 17.3 Å². The summed E-state index contributed by atoms with van der Waals surface area (Å²) in [6.45, 7) is 5.65. The number of thiazole rings is 1. The average molecular weight is 265 g/mol. The molecule has 98 valence electrons. The van der Waals surface area contributed by atoms with Crippen LogP contribution in [0.5, 0.6) is 0 Å². The third-order valence-electron chi connectivity index (χ3n) is 4.14. The lowest BCUT2D eigenvalue weighted by atomic mass is 9.92. The predicted octanol–water partition coefficient (Wildman–Crippen LogP) is 2.51. The van der Waals surface area contributed by atoms with Crippen LogP contribution in [-0.2, 0) is 6.61 Å². The van der Waals surface area contributed by atoms with Crippen LogP contribution in [0, 0.1) is 5.92 Å². The molecule has 18 heavy (non-hydrogen) atoms. The molecule has 4 nitrogen and oxygen atoms in total. The van der Waals surface area contributed by atoms with E-state index < -0.39 is 0 Å². The molecule has 0 radical (unpaired) electrons. The number of hydrogen-bond donors (Lipinski definition) is 1. The first-order valence-electron chi connectivity index (χ1n) is 6.54. The van der Waals surface area contributed by atoms with Gasteiger partial charge in [0, 0.05) is 24.2 Å². The van der Waals surface area contributed by atoms with Gasteiger partial charge in [0.25, 0.3) is 0 Å². The number of aliphatic hydroxyl groups is 1. The standard InChI is InChI=1S/C13H19N3OS/c1-9-4-3-5-15(10(9)2)12-11(8-17)16-6-7-18-13(16)14-12/h6-7,9-10,17H,3-5,8H2,1-2H3. The maximum atomic E-state index is 9.62. The van der Waals surface area contributed by atoms with E-state index in [1.54, 1.807) is 11.3 Å². The Morgan fingerprint density at radius 3 is 3.11 bits per heavy atom. The van der Waals surface area contributed by atoms with Crippen molar-refractivity contribution in [2.75, 3.05) is 11.4 Å². The van der Waals surface area contributed by atoms with Crippen molar-refractivity contribution in [1.82, 2.24) is 9.38 Å². The van der Waals surface area contributed by atoms with Crippen molar-refractivity contribution in [3.8, 4) is 0 Å². The first-order valence-corrected chi connectivity index (χ1v) is 7.42. The first kappa shape index (κ1) is 12.0. The molecule has 3 heterocycles. The van der Waals surface area contributed by atoms with E-state index in [2.05, 4.69) is 18.7 Å². The molecule has 3 rings (SSSR count). The maximum absolute atomic E-state index is 9.62. The maximum Gasteiger partial charge on any atom is 0.195 e. The molecule has 2 atom stereocenters. The van der Waals surface area contributed by atoms with Crippen LogP contribution in [0.2, 0.25) is 0 Å². The Balaban J connectivity index is 2.04. The van der Waals surface area contributed by atoms with E-state index in [1.165, 1.54) is 12.8 Å². The summed E-state index contributed by atoms with van der Waals surface area (Å²) in [6, 6.07) is 0.494. The van der Waals surface area contributed by atoms with Gasteiger partial charge < -0.3 is 10.0 Å². The molecule has 0 spiro atoms. The summed E-state index contributed by atoms with van der Waals surface area (Å²) in [5.74, 6) is 1.66. The van der Waals surface area contributed by atoms with Crippen molar-refractivity contribution in [2.45, 2.75) is 39.3 Å². The van der Waals surface area contributed by atoms with Crippen LogP contribution in [0.4, 0.5) is 5.82 Å². The normalized spacial score (nSPS) is 24.9. The molecule has 1 saturated heterocycles. The van der Waals surface area contributed by atoms with E-state index in [0.717, 1.165) is 23.0 Å². The summed E-state index contributed by atoms with van der Waals surface area (Å²) in [6.07, 6.45) is 4.48. The fraction of sp³-hybridized carbons (Fsp3) is 0.615. The highest BCUT2D eigenvalue weighted by atomic mass is 32.1. The van der Waals surface area contributed by atoms with Gasteiger partial charge in [-0.05, 0) is 25.7 Å². The second-order valence-corrected chi connectivity index (χ2v) is 6.02. The minimum Gasteiger partial charge on any atom is -0.390 e. The highest BCUT2D eigenvalue weighted by Gasteiger charge is 2.28. The van der Waals surface area contributed by atoms with Crippen LogP contribution in [0.15, 0.2) is 11.6 Å². The number of hydrogen-bond acceptors (Lipinski definition) is 4.